The van der Waals surface area contributed by atoms with Gasteiger partial charge in [0, 0.05) is 52.6 Å². The van der Waals surface area contributed by atoms with Crippen LogP contribution in [0.1, 0.15) is 29.8 Å². The van der Waals surface area contributed by atoms with Crippen LogP contribution in [0.2, 0.25) is 0 Å². The predicted molar refractivity (Wildman–Crippen MR) is 124 cm³/mol. The molecule has 6 N–H and O–H groups in total. The van der Waals surface area contributed by atoms with Crippen LogP contribution < -0.4 is 16.4 Å². The number of nitrogens with zero attached hydrogens (tertiary/aromatic N) is 1. The summed E-state index contributed by atoms with van der Waals surface area (Å²) in [6.07, 6.45) is 4.09. The molecule has 0 spiro atoms. The summed E-state index contributed by atoms with van der Waals surface area (Å²) < 4.78 is 0. The molecule has 0 amide bonds. The number of pyridine rings is 1. The highest BCUT2D eigenvalue weighted by molar-refractivity contribution is 5.85. The lowest BCUT2D eigenvalue weighted by atomic mass is 10.1. The van der Waals surface area contributed by atoms with Gasteiger partial charge in [-0.3, -0.25) is 4.98 Å². The summed E-state index contributed by atoms with van der Waals surface area (Å²) in [5.41, 5.74) is 13.8. The first-order valence-corrected chi connectivity index (χ1v) is 10.1. The van der Waals surface area contributed by atoms with E-state index in [1.165, 1.54) is 10.9 Å². The van der Waals surface area contributed by atoms with Gasteiger partial charge in [-0.05, 0) is 73.9 Å². The van der Waals surface area contributed by atoms with E-state index in [2.05, 4.69) is 51.9 Å². The lowest BCUT2D eigenvalue weighted by Gasteiger charge is -2.13. The molecule has 0 fully saturated rings. The second-order valence-corrected chi connectivity index (χ2v) is 7.60. The topological polar surface area (TPSA) is 99.0 Å². The molecule has 30 heavy (non-hydrogen) atoms. The number of aliphatic hydroxyl groups excluding tert-OH is 1. The maximum atomic E-state index is 9.71. The van der Waals surface area contributed by atoms with Gasteiger partial charge in [-0.2, -0.15) is 0 Å². The van der Waals surface area contributed by atoms with Crippen molar-refractivity contribution >= 4 is 33.7 Å². The molecular weight excluding hydrogens is 374 g/mol. The third-order valence-electron chi connectivity index (χ3n) is 5.23. The van der Waals surface area contributed by atoms with Gasteiger partial charge in [-0.25, -0.2) is 0 Å². The Morgan fingerprint density at radius 3 is 2.73 bits per heavy atom. The van der Waals surface area contributed by atoms with Crippen LogP contribution in [-0.4, -0.2) is 21.6 Å². The fraction of sp³-hybridized carbons (Fsp3) is 0.208. The van der Waals surface area contributed by atoms with E-state index in [4.69, 9.17) is 5.73 Å². The van der Waals surface area contributed by atoms with Gasteiger partial charge in [0.15, 0.2) is 0 Å². The second kappa shape index (κ2) is 8.47. The number of aliphatic hydroxyl groups is 1. The molecule has 6 heteroatoms. The van der Waals surface area contributed by atoms with Crippen molar-refractivity contribution in [1.82, 2.24) is 9.97 Å². The fourth-order valence-corrected chi connectivity index (χ4v) is 3.60. The molecule has 0 aliphatic rings. The summed E-state index contributed by atoms with van der Waals surface area (Å²) in [6.45, 7) is 4.64. The molecule has 2 aromatic heterocycles. The van der Waals surface area contributed by atoms with E-state index in [1.54, 1.807) is 13.1 Å². The molecule has 1 unspecified atom stereocenters. The molecule has 6 nitrogen and oxygen atoms in total. The van der Waals surface area contributed by atoms with Crippen LogP contribution in [0, 0.1) is 6.92 Å². The summed E-state index contributed by atoms with van der Waals surface area (Å²) in [6, 6.07) is 16.0. The maximum Gasteiger partial charge on any atom is 0.0932 e. The number of nitrogens with two attached hydrogens (primary N) is 1. The van der Waals surface area contributed by atoms with E-state index in [0.29, 0.717) is 5.69 Å². The molecule has 4 rings (SSSR count). The lowest BCUT2D eigenvalue weighted by Crippen LogP contribution is -2.06. The monoisotopic (exact) mass is 401 g/mol. The van der Waals surface area contributed by atoms with Gasteiger partial charge < -0.3 is 26.5 Å². The molecule has 0 bridgehead atoms. The first-order chi connectivity index (χ1) is 14.5. The smallest absolute Gasteiger partial charge is 0.0932 e. The van der Waals surface area contributed by atoms with Gasteiger partial charge in [0.2, 0.25) is 0 Å². The number of aryl methyl sites for hydroxylation is 1. The number of nitrogen functional groups attached to an aromatic ring is 1. The van der Waals surface area contributed by atoms with Crippen molar-refractivity contribution in [2.24, 2.45) is 0 Å². The maximum absolute atomic E-state index is 9.71. The minimum Gasteiger partial charge on any atom is -0.399 e. The molecule has 0 aliphatic heterocycles. The van der Waals surface area contributed by atoms with Crippen LogP contribution in [-0.2, 0) is 6.42 Å². The standard InChI is InChI=1S/C24H27N5O/c1-15-11-19(29-20-8-10-27-23(13-20)16(2)30)4-6-22(15)26-9-7-17-14-28-24-12-18(25)3-5-21(17)24/h3-6,8,10-14,16,26,28,30H,7,9,25H2,1-2H3,(H,27,29). The Kier molecular flexibility index (Phi) is 5.59. The highest BCUT2D eigenvalue weighted by atomic mass is 16.3. The van der Waals surface area contributed by atoms with E-state index < -0.39 is 6.10 Å². The zero-order chi connectivity index (χ0) is 21.1. The van der Waals surface area contributed by atoms with Crippen LogP contribution in [0.3, 0.4) is 0 Å². The minimum absolute atomic E-state index is 0.588. The van der Waals surface area contributed by atoms with Gasteiger partial charge in [0.25, 0.3) is 0 Å². The van der Waals surface area contributed by atoms with Crippen LogP contribution >= 0.6 is 0 Å². The molecule has 0 saturated heterocycles. The summed E-state index contributed by atoms with van der Waals surface area (Å²) in [7, 11) is 0. The van der Waals surface area contributed by atoms with Crippen molar-refractivity contribution in [3.05, 3.63) is 77.7 Å². The minimum atomic E-state index is -0.588. The Morgan fingerprint density at radius 1 is 1.10 bits per heavy atom. The van der Waals surface area contributed by atoms with Gasteiger partial charge in [-0.15, -0.1) is 0 Å². The van der Waals surface area contributed by atoms with E-state index >= 15 is 0 Å². The van der Waals surface area contributed by atoms with E-state index in [-0.39, 0.29) is 0 Å². The number of hydrogen-bond acceptors (Lipinski definition) is 5. The van der Waals surface area contributed by atoms with E-state index in [9.17, 15) is 5.11 Å². The van der Waals surface area contributed by atoms with Crippen molar-refractivity contribution in [2.75, 3.05) is 22.9 Å². The average molecular weight is 402 g/mol. The molecule has 0 saturated carbocycles. The van der Waals surface area contributed by atoms with Crippen molar-refractivity contribution in [2.45, 2.75) is 26.4 Å². The number of aromatic amines is 1. The SMILES string of the molecule is Cc1cc(Nc2ccnc(C(C)O)c2)ccc1NCCc1c[nH]c2cc(N)ccc12. The van der Waals surface area contributed by atoms with Crippen molar-refractivity contribution in [1.29, 1.82) is 0 Å². The van der Waals surface area contributed by atoms with Gasteiger partial charge in [-0.1, -0.05) is 6.07 Å². The van der Waals surface area contributed by atoms with Crippen LogP contribution in [0.5, 0.6) is 0 Å². The predicted octanol–water partition coefficient (Wildman–Crippen LogP) is 4.91. The number of benzene rings is 2. The quantitative estimate of drug-likeness (QED) is 0.284. The van der Waals surface area contributed by atoms with Crippen molar-refractivity contribution < 1.29 is 5.11 Å². The highest BCUT2D eigenvalue weighted by Crippen LogP contribution is 2.25. The number of H-pyrrole nitrogens is 1. The zero-order valence-electron chi connectivity index (χ0n) is 17.2. The zero-order valence-corrected chi connectivity index (χ0v) is 17.2. The second-order valence-electron chi connectivity index (χ2n) is 7.60. The Hall–Kier alpha value is -3.51. The van der Waals surface area contributed by atoms with Crippen LogP contribution in [0.25, 0.3) is 10.9 Å². The average Bonchev–Trinajstić information content (AvgIpc) is 3.12. The van der Waals surface area contributed by atoms with Gasteiger partial charge in [0.05, 0.1) is 11.8 Å². The van der Waals surface area contributed by atoms with E-state index in [1.807, 2.05) is 30.3 Å². The number of rotatable bonds is 7. The first kappa shape index (κ1) is 19.8. The summed E-state index contributed by atoms with van der Waals surface area (Å²) in [5.74, 6) is 0. The lowest BCUT2D eigenvalue weighted by molar-refractivity contribution is 0.194. The van der Waals surface area contributed by atoms with Crippen LogP contribution in [0.4, 0.5) is 22.7 Å². The Morgan fingerprint density at radius 2 is 1.93 bits per heavy atom. The van der Waals surface area contributed by atoms with Crippen molar-refractivity contribution in [3.8, 4) is 0 Å². The van der Waals surface area contributed by atoms with E-state index in [0.717, 1.165) is 46.8 Å². The van der Waals surface area contributed by atoms with Crippen LogP contribution in [0.15, 0.2) is 60.9 Å². The number of aromatic nitrogens is 2. The molecule has 0 aliphatic carbocycles. The number of anilines is 4. The Bertz CT molecular complexity index is 1170. The largest absolute Gasteiger partial charge is 0.399 e. The van der Waals surface area contributed by atoms with Crippen molar-refractivity contribution in [3.63, 3.8) is 0 Å². The van der Waals surface area contributed by atoms with Gasteiger partial charge in [0.1, 0.15) is 0 Å². The summed E-state index contributed by atoms with van der Waals surface area (Å²) in [4.78, 5) is 7.48. The highest BCUT2D eigenvalue weighted by Gasteiger charge is 2.06. The first-order valence-electron chi connectivity index (χ1n) is 10.1. The molecule has 1 atom stereocenters. The Balaban J connectivity index is 1.39. The molecule has 2 heterocycles. The number of nitrogens with one attached hydrogen (secondary N) is 3. The summed E-state index contributed by atoms with van der Waals surface area (Å²) >= 11 is 0. The normalized spacial score (nSPS) is 12.1. The number of fused-ring (bicyclic) bond motifs is 1. The third kappa shape index (κ3) is 4.39. The molecule has 0 radical (unpaired) electrons. The third-order valence-corrected chi connectivity index (χ3v) is 5.23. The Labute approximate surface area is 176 Å². The fourth-order valence-electron chi connectivity index (χ4n) is 3.60. The summed E-state index contributed by atoms with van der Waals surface area (Å²) in [5, 5.41) is 17.8. The number of hydrogen-bond donors (Lipinski definition) is 5. The van der Waals surface area contributed by atoms with Gasteiger partial charge >= 0.3 is 0 Å². The molecular formula is C24H27N5O. The molecule has 154 valence electrons. The molecule has 4 aromatic rings. The molecule has 2 aromatic carbocycles.